The van der Waals surface area contributed by atoms with E-state index in [2.05, 4.69) is 5.32 Å². The molecule has 0 aromatic carbocycles. The Bertz CT molecular complexity index is 1700. The van der Waals surface area contributed by atoms with Crippen LogP contribution in [-0.2, 0) is 28.5 Å². The van der Waals surface area contributed by atoms with E-state index in [9.17, 15) is 70.9 Å². The largest absolute Gasteiger partial charge is 0.462 e. The predicted molar refractivity (Wildman–Crippen MR) is 246 cm³/mol. The molecule has 2 bridgehead atoms. The number of ether oxygens (including phenoxy) is 4. The van der Waals surface area contributed by atoms with Crippen molar-refractivity contribution in [1.29, 1.82) is 0 Å². The summed E-state index contributed by atoms with van der Waals surface area (Å²) in [6, 6.07) is -2.26. The molecule has 3 aliphatic heterocycles. The molecule has 0 spiro atoms. The fraction of sp³-hybridized carbons (Fsp3) is 0.667. The van der Waals surface area contributed by atoms with Crippen molar-refractivity contribution in [2.45, 2.75) is 169 Å². The number of rotatable bonds is 6. The first-order valence-corrected chi connectivity index (χ1v) is 23.2. The van der Waals surface area contributed by atoms with Gasteiger partial charge in [0.15, 0.2) is 12.1 Å². The maximum Gasteiger partial charge on any atom is 0.308 e. The van der Waals surface area contributed by atoms with Crippen LogP contribution in [0.1, 0.15) is 71.6 Å². The third-order valence-corrected chi connectivity index (χ3v) is 11.9. The van der Waals surface area contributed by atoms with Crippen molar-refractivity contribution in [3.63, 3.8) is 0 Å². The number of cyclic esters (lactones) is 1. The Kier molecular flexibility index (Phi) is 26.2. The van der Waals surface area contributed by atoms with Gasteiger partial charge in [-0.3, -0.25) is 9.59 Å². The van der Waals surface area contributed by atoms with E-state index in [1.165, 1.54) is 6.08 Å². The highest BCUT2D eigenvalue weighted by Gasteiger charge is 2.51. The highest BCUT2D eigenvalue weighted by molar-refractivity contribution is 5.80. The van der Waals surface area contributed by atoms with E-state index in [4.69, 9.17) is 24.7 Å². The Labute approximate surface area is 397 Å². The Balaban J connectivity index is 1.91. The minimum absolute atomic E-state index is 0.117. The summed E-state index contributed by atoms with van der Waals surface area (Å²) in [5, 5.41) is 130. The summed E-state index contributed by atoms with van der Waals surface area (Å²) in [5.41, 5.74) is 5.98. The number of carbonyl (C=O) groups excluding carboxylic acids is 2. The third-order valence-electron chi connectivity index (χ3n) is 11.9. The van der Waals surface area contributed by atoms with Gasteiger partial charge in [-0.15, -0.1) is 0 Å². The second-order valence-electron chi connectivity index (χ2n) is 17.9. The first kappa shape index (κ1) is 58.8. The van der Waals surface area contributed by atoms with Gasteiger partial charge in [0.05, 0.1) is 105 Å². The molecule has 1 amide bonds. The summed E-state index contributed by atoms with van der Waals surface area (Å²) in [6.07, 6.45) is 4.38. The van der Waals surface area contributed by atoms with Crippen LogP contribution in [0.15, 0.2) is 85.1 Å². The summed E-state index contributed by atoms with van der Waals surface area (Å²) in [4.78, 5) is 26.2. The molecule has 0 saturated carbocycles. The zero-order valence-electron chi connectivity index (χ0n) is 38.8. The number of fused-ring (bicyclic) bond motifs is 2. The topological polar surface area (TPSA) is 352 Å². The van der Waals surface area contributed by atoms with Crippen molar-refractivity contribution >= 4 is 11.9 Å². The van der Waals surface area contributed by atoms with Crippen LogP contribution in [0, 0.1) is 11.8 Å². The molecule has 2 fully saturated rings. The molecule has 17 atom stereocenters. The normalized spacial score (nSPS) is 41.9. The van der Waals surface area contributed by atoms with Crippen molar-refractivity contribution in [3.05, 3.63) is 85.1 Å². The van der Waals surface area contributed by atoms with Gasteiger partial charge < -0.3 is 91.3 Å². The second-order valence-corrected chi connectivity index (χ2v) is 17.9. The Hall–Kier alpha value is -3.52. The van der Waals surface area contributed by atoms with Crippen molar-refractivity contribution in [1.82, 2.24) is 5.32 Å². The molecular formula is C48H76N2O18. The predicted octanol–water partition coefficient (Wildman–Crippen LogP) is -1.54. The van der Waals surface area contributed by atoms with Gasteiger partial charge in [0, 0.05) is 38.0 Å². The summed E-state index contributed by atoms with van der Waals surface area (Å²) < 4.78 is 23.1. The monoisotopic (exact) mass is 969 g/mol. The number of amides is 1. The molecule has 0 radical (unpaired) electrons. The Morgan fingerprint density at radius 1 is 0.721 bits per heavy atom. The van der Waals surface area contributed by atoms with Crippen LogP contribution in [0.3, 0.4) is 0 Å². The van der Waals surface area contributed by atoms with Crippen LogP contribution in [-0.4, -0.2) is 190 Å². The Morgan fingerprint density at radius 2 is 1.31 bits per heavy atom. The van der Waals surface area contributed by atoms with Crippen LogP contribution in [0.2, 0.25) is 0 Å². The molecule has 3 heterocycles. The second kappa shape index (κ2) is 30.3. The third kappa shape index (κ3) is 20.8. The average molecular weight is 969 g/mol. The van der Waals surface area contributed by atoms with Gasteiger partial charge in [0.2, 0.25) is 5.91 Å². The van der Waals surface area contributed by atoms with E-state index in [1.807, 2.05) is 6.92 Å². The van der Waals surface area contributed by atoms with E-state index in [-0.39, 0.29) is 44.6 Å². The molecule has 3 rings (SSSR count). The van der Waals surface area contributed by atoms with Gasteiger partial charge in [-0.05, 0) is 26.2 Å². The average Bonchev–Trinajstić information content (AvgIpc) is 3.26. The zero-order chi connectivity index (χ0) is 50.4. The molecule has 20 heteroatoms. The van der Waals surface area contributed by atoms with E-state index >= 15 is 0 Å². The quantitative estimate of drug-likeness (QED) is 0.134. The number of nitrogens with two attached hydrogens (primary N) is 1. The lowest BCUT2D eigenvalue weighted by molar-refractivity contribution is -0.304. The van der Waals surface area contributed by atoms with Gasteiger partial charge in [-0.2, -0.15) is 0 Å². The summed E-state index contributed by atoms with van der Waals surface area (Å²) in [7, 11) is 0. The molecule has 20 nitrogen and oxygen atoms in total. The maximum absolute atomic E-state index is 13.6. The molecule has 0 aromatic heterocycles. The molecule has 3 aliphatic rings. The first-order valence-electron chi connectivity index (χ1n) is 23.2. The first-order chi connectivity index (χ1) is 32.2. The number of hydrogen-bond donors (Lipinski definition) is 14. The standard InChI is InChI=1S/C48H76N2O18/c1-29-15-13-11-9-7-5-3-4-6-8-10-12-14-16-35(67-47-45(62)44(49)40(60)28-65-47)23-41-43(46(63)50-31(26-51)27-52)39(59)25-48(64,68-41)24-34(55)21-38(58)36(56)18-17-32(53)20-33(54)22-42(61)66-30(2)19-37(29)57/h3-16,29-41,43-45,47,51-60,62,64H,17-28,49H2,1-2H3,(H,50,63)/b4-3+,7-5+,8-6+,11-9+,12-10+,15-13+,16-14+/t29-,30-,32?,33?,34?,35?,36?,37-,38?,39-,40+,41-,43+,44-,45-,47-,48?/m0/s1. The maximum atomic E-state index is 13.6. The lowest BCUT2D eigenvalue weighted by Gasteiger charge is -2.46. The van der Waals surface area contributed by atoms with Gasteiger partial charge >= 0.3 is 5.97 Å². The molecule has 2 saturated heterocycles. The van der Waals surface area contributed by atoms with Crippen LogP contribution in [0.5, 0.6) is 0 Å². The van der Waals surface area contributed by atoms with Crippen molar-refractivity contribution in [2.75, 3.05) is 19.8 Å². The highest BCUT2D eigenvalue weighted by Crippen LogP contribution is 2.38. The molecule has 68 heavy (non-hydrogen) atoms. The molecule has 7 unspecified atom stereocenters. The number of aliphatic hydroxyl groups is 12. The number of hydrogen-bond acceptors (Lipinski definition) is 19. The minimum atomic E-state index is -2.35. The van der Waals surface area contributed by atoms with Crippen LogP contribution >= 0.6 is 0 Å². The van der Waals surface area contributed by atoms with Crippen LogP contribution < -0.4 is 11.1 Å². The van der Waals surface area contributed by atoms with Crippen LogP contribution in [0.25, 0.3) is 0 Å². The number of carbonyl (C=O) groups is 2. The summed E-state index contributed by atoms with van der Waals surface area (Å²) in [6.45, 7) is 1.86. The summed E-state index contributed by atoms with van der Waals surface area (Å²) >= 11 is 0. The number of allylic oxidation sites excluding steroid dienone is 12. The van der Waals surface area contributed by atoms with Gasteiger partial charge in [-0.25, -0.2) is 0 Å². The molecule has 0 aromatic rings. The number of aliphatic hydroxyl groups excluding tert-OH is 11. The smallest absolute Gasteiger partial charge is 0.308 e. The summed E-state index contributed by atoms with van der Waals surface area (Å²) in [5.74, 6) is -5.68. The van der Waals surface area contributed by atoms with Crippen molar-refractivity contribution in [2.24, 2.45) is 17.6 Å². The van der Waals surface area contributed by atoms with E-state index in [0.29, 0.717) is 0 Å². The number of nitrogens with one attached hydrogen (secondary N) is 1. The van der Waals surface area contributed by atoms with Crippen molar-refractivity contribution in [3.8, 4) is 0 Å². The Morgan fingerprint density at radius 3 is 1.91 bits per heavy atom. The van der Waals surface area contributed by atoms with Crippen molar-refractivity contribution < 1.29 is 89.8 Å². The fourth-order valence-electron chi connectivity index (χ4n) is 7.96. The van der Waals surface area contributed by atoms with Crippen LogP contribution in [0.4, 0.5) is 0 Å². The molecule has 0 aliphatic carbocycles. The molecular weight excluding hydrogens is 893 g/mol. The van der Waals surface area contributed by atoms with Gasteiger partial charge in [0.25, 0.3) is 0 Å². The fourth-order valence-corrected chi connectivity index (χ4v) is 7.96. The highest BCUT2D eigenvalue weighted by atomic mass is 16.7. The van der Waals surface area contributed by atoms with Gasteiger partial charge in [0.1, 0.15) is 12.2 Å². The SMILES string of the molecule is C[C@H]1C[C@H](O)[C@@H](C)/C=C/C=C/C=C/C=C/C=C/C=C/C=C/C(O[C@@H]2OC[C@@H](O)[C@H](N)[C@@H]2O)C[C@@H]2OC(O)(CC(O)CC(O)C(O)CCC(O)CC(O)CC(=O)O1)C[C@H](O)[C@H]2C(=O)NC(CO)CO. The van der Waals surface area contributed by atoms with E-state index in [1.54, 1.807) is 85.9 Å². The lowest BCUT2D eigenvalue weighted by atomic mass is 9.82. The van der Waals surface area contributed by atoms with E-state index < -0.39 is 154 Å². The zero-order valence-corrected chi connectivity index (χ0v) is 38.8. The molecule has 386 valence electrons. The molecule has 15 N–H and O–H groups in total. The number of esters is 1. The van der Waals surface area contributed by atoms with Gasteiger partial charge in [-0.1, -0.05) is 92.0 Å². The lowest BCUT2D eigenvalue weighted by Crippen LogP contribution is -2.60. The minimum Gasteiger partial charge on any atom is -0.462 e. The van der Waals surface area contributed by atoms with E-state index in [0.717, 1.165) is 0 Å².